The molecule has 0 spiro atoms. The number of hydrogen-bond donors (Lipinski definition) is 1. The normalized spacial score (nSPS) is 10.8. The first kappa shape index (κ1) is 9.92. The third-order valence-electron chi connectivity index (χ3n) is 2.11. The molecule has 0 fully saturated rings. The standard InChI is InChI=1S/C9H8ClN3O2/c1-2-7-11-12-8-3-5(9(14)15)6(10)4-13(7)8/h3-4H,2H2,1H3,(H,14,15). The molecule has 0 bridgehead atoms. The van der Waals surface area contributed by atoms with Gasteiger partial charge in [0.05, 0.1) is 10.6 Å². The van der Waals surface area contributed by atoms with Crippen LogP contribution in [0.1, 0.15) is 23.1 Å². The molecule has 15 heavy (non-hydrogen) atoms. The van der Waals surface area contributed by atoms with Gasteiger partial charge in [-0.25, -0.2) is 4.79 Å². The molecule has 0 aromatic carbocycles. The summed E-state index contributed by atoms with van der Waals surface area (Å²) in [5.74, 6) is -0.313. The first-order valence-electron chi connectivity index (χ1n) is 4.40. The highest BCUT2D eigenvalue weighted by Gasteiger charge is 2.12. The number of aryl methyl sites for hydroxylation is 1. The van der Waals surface area contributed by atoms with Gasteiger partial charge in [0, 0.05) is 12.6 Å². The number of carbonyl (C=O) groups is 1. The van der Waals surface area contributed by atoms with Gasteiger partial charge in [0.15, 0.2) is 5.65 Å². The summed E-state index contributed by atoms with van der Waals surface area (Å²) in [5, 5.41) is 16.8. The molecule has 2 heterocycles. The maximum Gasteiger partial charge on any atom is 0.337 e. The number of carboxylic acids is 1. The quantitative estimate of drug-likeness (QED) is 0.844. The van der Waals surface area contributed by atoms with Crippen LogP contribution in [0.3, 0.4) is 0 Å². The predicted octanol–water partition coefficient (Wildman–Crippen LogP) is 1.64. The van der Waals surface area contributed by atoms with Gasteiger partial charge in [0.25, 0.3) is 0 Å². The van der Waals surface area contributed by atoms with E-state index >= 15 is 0 Å². The average Bonchev–Trinajstić information content (AvgIpc) is 2.58. The molecule has 0 saturated heterocycles. The number of rotatable bonds is 2. The van der Waals surface area contributed by atoms with E-state index < -0.39 is 5.97 Å². The van der Waals surface area contributed by atoms with E-state index in [1.54, 1.807) is 4.40 Å². The van der Waals surface area contributed by atoms with Crippen molar-refractivity contribution in [3.05, 3.63) is 28.7 Å². The maximum atomic E-state index is 10.8. The third-order valence-corrected chi connectivity index (χ3v) is 2.41. The Balaban J connectivity index is 2.72. The Morgan fingerprint density at radius 2 is 2.33 bits per heavy atom. The van der Waals surface area contributed by atoms with Gasteiger partial charge < -0.3 is 5.11 Å². The van der Waals surface area contributed by atoms with Gasteiger partial charge in [-0.05, 0) is 6.07 Å². The summed E-state index contributed by atoms with van der Waals surface area (Å²) in [6.07, 6.45) is 2.24. The Labute approximate surface area is 90.3 Å². The summed E-state index contributed by atoms with van der Waals surface area (Å²) in [6, 6.07) is 1.41. The number of aromatic carboxylic acids is 1. The van der Waals surface area contributed by atoms with Gasteiger partial charge in [-0.1, -0.05) is 18.5 Å². The molecule has 0 aliphatic heterocycles. The highest BCUT2D eigenvalue weighted by Crippen LogP contribution is 2.18. The van der Waals surface area contributed by atoms with E-state index in [-0.39, 0.29) is 10.6 Å². The van der Waals surface area contributed by atoms with Gasteiger partial charge in [-0.15, -0.1) is 10.2 Å². The van der Waals surface area contributed by atoms with Crippen molar-refractivity contribution in [2.24, 2.45) is 0 Å². The van der Waals surface area contributed by atoms with Gasteiger partial charge in [0.1, 0.15) is 5.82 Å². The lowest BCUT2D eigenvalue weighted by atomic mass is 10.2. The minimum absolute atomic E-state index is 0.0409. The van der Waals surface area contributed by atoms with Gasteiger partial charge >= 0.3 is 5.97 Å². The van der Waals surface area contributed by atoms with Crippen LogP contribution in [0.2, 0.25) is 5.02 Å². The van der Waals surface area contributed by atoms with Crippen molar-refractivity contribution < 1.29 is 9.90 Å². The molecule has 78 valence electrons. The number of carboxylic acid groups (broad SMARTS) is 1. The zero-order valence-corrected chi connectivity index (χ0v) is 8.69. The Bertz CT molecular complexity index is 535. The minimum atomic E-state index is -1.07. The summed E-state index contributed by atoms with van der Waals surface area (Å²) in [4.78, 5) is 10.8. The van der Waals surface area contributed by atoms with E-state index in [4.69, 9.17) is 16.7 Å². The van der Waals surface area contributed by atoms with E-state index in [9.17, 15) is 4.79 Å². The number of halogens is 1. The van der Waals surface area contributed by atoms with Crippen molar-refractivity contribution in [2.45, 2.75) is 13.3 Å². The van der Waals surface area contributed by atoms with Crippen LogP contribution >= 0.6 is 11.6 Å². The molecular formula is C9H8ClN3O2. The molecule has 2 aromatic heterocycles. The van der Waals surface area contributed by atoms with Gasteiger partial charge in [0.2, 0.25) is 0 Å². The van der Waals surface area contributed by atoms with Crippen LogP contribution < -0.4 is 0 Å². The second kappa shape index (κ2) is 3.51. The molecule has 0 amide bonds. The summed E-state index contributed by atoms with van der Waals surface area (Å²) in [5.41, 5.74) is 0.535. The SMILES string of the molecule is CCc1nnc2cc(C(=O)O)c(Cl)cn12. The fourth-order valence-electron chi connectivity index (χ4n) is 1.36. The van der Waals surface area contributed by atoms with Crippen LogP contribution in [0, 0.1) is 0 Å². The molecule has 0 radical (unpaired) electrons. The number of hydrogen-bond acceptors (Lipinski definition) is 3. The summed E-state index contributed by atoms with van der Waals surface area (Å²) < 4.78 is 1.69. The molecule has 0 atom stereocenters. The van der Waals surface area contributed by atoms with Crippen molar-refractivity contribution in [3.8, 4) is 0 Å². The van der Waals surface area contributed by atoms with Gasteiger partial charge in [-0.3, -0.25) is 4.40 Å². The van der Waals surface area contributed by atoms with Crippen LogP contribution in [-0.4, -0.2) is 25.7 Å². The molecule has 0 unspecified atom stereocenters. The molecular weight excluding hydrogens is 218 g/mol. The largest absolute Gasteiger partial charge is 0.478 e. The molecule has 6 heteroatoms. The molecule has 2 rings (SSSR count). The van der Waals surface area contributed by atoms with E-state index in [2.05, 4.69) is 10.2 Å². The Hall–Kier alpha value is -1.62. The first-order chi connectivity index (χ1) is 7.13. The van der Waals surface area contributed by atoms with Crippen molar-refractivity contribution >= 4 is 23.2 Å². The smallest absolute Gasteiger partial charge is 0.337 e. The topological polar surface area (TPSA) is 67.5 Å². The fraction of sp³-hybridized carbons (Fsp3) is 0.222. The van der Waals surface area contributed by atoms with Gasteiger partial charge in [-0.2, -0.15) is 0 Å². The summed E-state index contributed by atoms with van der Waals surface area (Å²) >= 11 is 5.83. The maximum absolute atomic E-state index is 10.8. The lowest BCUT2D eigenvalue weighted by molar-refractivity contribution is 0.0697. The zero-order valence-electron chi connectivity index (χ0n) is 7.94. The Kier molecular flexibility index (Phi) is 2.32. The van der Waals surface area contributed by atoms with Crippen LogP contribution in [0.5, 0.6) is 0 Å². The third kappa shape index (κ3) is 1.55. The number of pyridine rings is 1. The van der Waals surface area contributed by atoms with Crippen LogP contribution in [-0.2, 0) is 6.42 Å². The lowest BCUT2D eigenvalue weighted by Crippen LogP contribution is -2.00. The zero-order chi connectivity index (χ0) is 11.0. The number of aromatic nitrogens is 3. The fourth-order valence-corrected chi connectivity index (χ4v) is 1.60. The lowest BCUT2D eigenvalue weighted by Gasteiger charge is -2.01. The Morgan fingerprint density at radius 3 is 2.93 bits per heavy atom. The van der Waals surface area contributed by atoms with Crippen molar-refractivity contribution in [1.82, 2.24) is 14.6 Å². The van der Waals surface area contributed by atoms with E-state index in [1.165, 1.54) is 12.3 Å². The highest BCUT2D eigenvalue weighted by atomic mass is 35.5. The molecule has 1 N–H and O–H groups in total. The van der Waals surface area contributed by atoms with Crippen LogP contribution in [0.4, 0.5) is 0 Å². The summed E-state index contributed by atoms with van der Waals surface area (Å²) in [6.45, 7) is 1.94. The highest BCUT2D eigenvalue weighted by molar-refractivity contribution is 6.33. The minimum Gasteiger partial charge on any atom is -0.478 e. The number of nitrogens with zero attached hydrogens (tertiary/aromatic N) is 3. The second-order valence-corrected chi connectivity index (χ2v) is 3.45. The summed E-state index contributed by atoms with van der Waals surface area (Å²) in [7, 11) is 0. The van der Waals surface area contributed by atoms with Crippen LogP contribution in [0.15, 0.2) is 12.3 Å². The molecule has 0 aliphatic rings. The molecule has 2 aromatic rings. The second-order valence-electron chi connectivity index (χ2n) is 3.04. The molecule has 0 saturated carbocycles. The van der Waals surface area contributed by atoms with E-state index in [1.807, 2.05) is 6.92 Å². The average molecular weight is 226 g/mol. The Morgan fingerprint density at radius 1 is 1.60 bits per heavy atom. The predicted molar refractivity (Wildman–Crippen MR) is 54.3 cm³/mol. The number of fused-ring (bicyclic) bond motifs is 1. The molecule has 5 nitrogen and oxygen atoms in total. The van der Waals surface area contributed by atoms with E-state index in [0.717, 1.165) is 5.82 Å². The monoisotopic (exact) mass is 225 g/mol. The van der Waals surface area contributed by atoms with Crippen LogP contribution in [0.25, 0.3) is 5.65 Å². The van der Waals surface area contributed by atoms with Crippen molar-refractivity contribution in [2.75, 3.05) is 0 Å². The van der Waals surface area contributed by atoms with E-state index in [0.29, 0.717) is 12.1 Å². The first-order valence-corrected chi connectivity index (χ1v) is 4.77. The van der Waals surface area contributed by atoms with Crippen molar-refractivity contribution in [1.29, 1.82) is 0 Å². The molecule has 0 aliphatic carbocycles. The van der Waals surface area contributed by atoms with Crippen molar-refractivity contribution in [3.63, 3.8) is 0 Å².